The number of ether oxygens (including phenoxy) is 1. The predicted octanol–water partition coefficient (Wildman–Crippen LogP) is 6.81. The highest BCUT2D eigenvalue weighted by Gasteiger charge is 2.65. The zero-order valence-corrected chi connectivity index (χ0v) is 28.9. The maximum atomic E-state index is 14.5. The van der Waals surface area contributed by atoms with Crippen molar-refractivity contribution in [1.82, 2.24) is 20.2 Å². The van der Waals surface area contributed by atoms with Crippen molar-refractivity contribution in [3.8, 4) is 17.1 Å². The minimum Gasteiger partial charge on any atom is -0.475 e. The van der Waals surface area contributed by atoms with Crippen LogP contribution in [0.3, 0.4) is 0 Å². The number of aromatic nitrogens is 2. The number of nitrogens with zero attached hydrogens (tertiary/aromatic N) is 3. The van der Waals surface area contributed by atoms with Crippen LogP contribution in [-0.2, 0) is 10.0 Å². The molecule has 9 nitrogen and oxygen atoms in total. The summed E-state index contributed by atoms with van der Waals surface area (Å²) in [7, 11) is -4.27. The first-order chi connectivity index (χ1) is 23.1. The molecule has 3 saturated carbocycles. The lowest BCUT2D eigenvalue weighted by atomic mass is 9.51. The normalized spacial score (nSPS) is 27.1. The molecular weight excluding hydrogens is 655 g/mol. The Balaban J connectivity index is 1.31. The first-order valence-corrected chi connectivity index (χ1v) is 18.4. The van der Waals surface area contributed by atoms with Gasteiger partial charge in [0.15, 0.2) is 0 Å². The standard InChI is InChI=1S/C36H42F3N5O4S/c1-21(2)40-25-15-34(16-25)17-26(18-34)44-27(19-35(11-12-35)36(37,38)39)20-48-30-14-29(31-22(3)7-5-8-23(31)4)41-33(42-30)43-49(46,47)28-10-6-9-24(13-28)32(44)45/h5-10,13-14,21,25-27,40H,11-12,15-20H2,1-4H3,(H,41,42,43)/t25?,26?,27-,34?/m1/s1. The van der Waals surface area contributed by atoms with Crippen LogP contribution in [0.4, 0.5) is 19.1 Å². The van der Waals surface area contributed by atoms with Gasteiger partial charge in [-0.25, -0.2) is 18.1 Å². The molecule has 49 heavy (non-hydrogen) atoms. The Morgan fingerprint density at radius 2 is 1.69 bits per heavy atom. The van der Waals surface area contributed by atoms with Crippen LogP contribution in [0.5, 0.6) is 5.88 Å². The molecule has 13 heteroatoms. The Morgan fingerprint density at radius 3 is 2.33 bits per heavy atom. The molecule has 1 amide bonds. The zero-order valence-electron chi connectivity index (χ0n) is 28.1. The fourth-order valence-corrected chi connectivity index (χ4v) is 9.30. The highest BCUT2D eigenvalue weighted by molar-refractivity contribution is 7.92. The summed E-state index contributed by atoms with van der Waals surface area (Å²) < 4.78 is 79.5. The number of fused-ring (bicyclic) bond motifs is 4. The first-order valence-electron chi connectivity index (χ1n) is 16.9. The summed E-state index contributed by atoms with van der Waals surface area (Å²) in [5.41, 5.74) is 1.14. The third kappa shape index (κ3) is 6.40. The number of alkyl halides is 3. The zero-order chi connectivity index (χ0) is 34.9. The predicted molar refractivity (Wildman–Crippen MR) is 179 cm³/mol. The van der Waals surface area contributed by atoms with Crippen LogP contribution in [0.25, 0.3) is 11.3 Å². The number of halogens is 3. The molecular formula is C36H42F3N5O4S. The van der Waals surface area contributed by atoms with E-state index in [4.69, 9.17) is 4.74 Å². The number of amides is 1. The molecule has 0 saturated heterocycles. The summed E-state index contributed by atoms with van der Waals surface area (Å²) in [6, 6.07) is 12.4. The van der Waals surface area contributed by atoms with E-state index in [0.29, 0.717) is 30.6 Å². The number of hydrogen-bond donors (Lipinski definition) is 2. The van der Waals surface area contributed by atoms with Crippen LogP contribution in [0.1, 0.15) is 80.3 Å². The quantitative estimate of drug-likeness (QED) is 0.291. The molecule has 4 bridgehead atoms. The van der Waals surface area contributed by atoms with Gasteiger partial charge >= 0.3 is 6.18 Å². The maximum Gasteiger partial charge on any atom is 0.394 e. The third-order valence-electron chi connectivity index (χ3n) is 10.8. The largest absolute Gasteiger partial charge is 0.475 e. The molecule has 3 aliphatic carbocycles. The number of benzene rings is 2. The monoisotopic (exact) mass is 697 g/mol. The van der Waals surface area contributed by atoms with E-state index in [9.17, 15) is 26.4 Å². The molecule has 2 heterocycles. The minimum atomic E-state index is -4.44. The molecule has 3 fully saturated rings. The van der Waals surface area contributed by atoms with Crippen LogP contribution in [0.15, 0.2) is 53.4 Å². The Morgan fingerprint density at radius 1 is 1.02 bits per heavy atom. The SMILES string of the molecule is Cc1cccc(C)c1-c1cc2nc(n1)NS(=O)(=O)c1cccc(c1)C(=O)N(C1CC3(CC(NC(C)C)C3)C1)[C@H](CC1(C(F)(F)F)CC1)CO2. The second-order valence-corrected chi connectivity index (χ2v) is 16.6. The molecule has 1 atom stereocenters. The minimum absolute atomic E-state index is 0.00256. The van der Waals surface area contributed by atoms with Gasteiger partial charge in [0.25, 0.3) is 15.9 Å². The van der Waals surface area contributed by atoms with E-state index in [1.54, 1.807) is 11.0 Å². The van der Waals surface area contributed by atoms with Gasteiger partial charge in [0.2, 0.25) is 11.8 Å². The van der Waals surface area contributed by atoms with E-state index < -0.39 is 33.6 Å². The van der Waals surface area contributed by atoms with E-state index in [2.05, 4.69) is 33.9 Å². The lowest BCUT2D eigenvalue weighted by Gasteiger charge is -2.61. The van der Waals surface area contributed by atoms with Crippen molar-refractivity contribution >= 4 is 21.9 Å². The Hall–Kier alpha value is -3.71. The Kier molecular flexibility index (Phi) is 8.25. The summed E-state index contributed by atoms with van der Waals surface area (Å²) in [6.07, 6.45) is -1.57. The third-order valence-corrected chi connectivity index (χ3v) is 12.2. The molecule has 1 spiro atoms. The van der Waals surface area contributed by atoms with E-state index in [0.717, 1.165) is 29.5 Å². The topological polar surface area (TPSA) is 114 Å². The van der Waals surface area contributed by atoms with Gasteiger partial charge in [0.05, 0.1) is 22.0 Å². The maximum absolute atomic E-state index is 14.5. The van der Waals surface area contributed by atoms with Crippen molar-refractivity contribution < 1.29 is 31.1 Å². The van der Waals surface area contributed by atoms with E-state index in [1.165, 1.54) is 24.3 Å². The summed E-state index contributed by atoms with van der Waals surface area (Å²) >= 11 is 0. The van der Waals surface area contributed by atoms with E-state index in [-0.39, 0.29) is 59.6 Å². The number of anilines is 1. The number of sulfonamides is 1. The van der Waals surface area contributed by atoms with Gasteiger partial charge in [-0.2, -0.15) is 18.2 Å². The molecule has 2 aromatic carbocycles. The van der Waals surface area contributed by atoms with Crippen molar-refractivity contribution in [2.75, 3.05) is 11.3 Å². The fourth-order valence-electron chi connectivity index (χ4n) is 8.31. The Labute approximate surface area is 285 Å². The average molecular weight is 698 g/mol. The highest BCUT2D eigenvalue weighted by atomic mass is 32.2. The number of rotatable bonds is 6. The van der Waals surface area contributed by atoms with Crippen molar-refractivity contribution in [3.63, 3.8) is 0 Å². The number of hydrogen-bond acceptors (Lipinski definition) is 7. The van der Waals surface area contributed by atoms with Gasteiger partial charge in [0.1, 0.15) is 6.61 Å². The van der Waals surface area contributed by atoms with Crippen LogP contribution in [-0.4, -0.2) is 66.1 Å². The van der Waals surface area contributed by atoms with Gasteiger partial charge in [-0.15, -0.1) is 0 Å². The molecule has 7 rings (SSSR count). The molecule has 0 unspecified atom stereocenters. The van der Waals surface area contributed by atoms with Gasteiger partial charge in [-0.1, -0.05) is 38.1 Å². The van der Waals surface area contributed by atoms with Crippen molar-refractivity contribution in [2.24, 2.45) is 10.8 Å². The second kappa shape index (κ2) is 12.0. The molecule has 1 aliphatic heterocycles. The van der Waals surface area contributed by atoms with Gasteiger partial charge in [-0.05, 0) is 93.5 Å². The first kappa shape index (κ1) is 33.8. The summed E-state index contributed by atoms with van der Waals surface area (Å²) in [4.78, 5) is 24.8. The van der Waals surface area contributed by atoms with Gasteiger partial charge in [0, 0.05) is 35.3 Å². The molecule has 3 aromatic rings. The molecule has 0 radical (unpaired) electrons. The summed E-state index contributed by atoms with van der Waals surface area (Å²) in [5.74, 6) is -0.755. The van der Waals surface area contributed by atoms with Crippen molar-refractivity contribution in [1.29, 1.82) is 0 Å². The number of carbonyl (C=O) groups is 1. The number of aryl methyl sites for hydroxylation is 2. The van der Waals surface area contributed by atoms with Crippen LogP contribution in [0, 0.1) is 24.7 Å². The highest BCUT2D eigenvalue weighted by Crippen LogP contribution is 2.62. The molecule has 2 N–H and O–H groups in total. The lowest BCUT2D eigenvalue weighted by molar-refractivity contribution is -0.194. The average Bonchev–Trinajstić information content (AvgIpc) is 3.77. The van der Waals surface area contributed by atoms with E-state index in [1.807, 2.05) is 32.0 Å². The van der Waals surface area contributed by atoms with Gasteiger partial charge in [-0.3, -0.25) is 4.79 Å². The van der Waals surface area contributed by atoms with Crippen LogP contribution >= 0.6 is 0 Å². The van der Waals surface area contributed by atoms with Gasteiger partial charge < -0.3 is 15.0 Å². The summed E-state index contributed by atoms with van der Waals surface area (Å²) in [5, 5.41) is 3.56. The fraction of sp³-hybridized carbons (Fsp3) is 0.528. The molecule has 4 aliphatic rings. The number of carbonyl (C=O) groups excluding carboxylic acids is 1. The lowest BCUT2D eigenvalue weighted by Crippen LogP contribution is -2.64. The second-order valence-electron chi connectivity index (χ2n) is 15.0. The molecule has 262 valence electrons. The number of nitrogens with one attached hydrogen (secondary N) is 2. The van der Waals surface area contributed by atoms with Crippen LogP contribution < -0.4 is 14.8 Å². The van der Waals surface area contributed by atoms with E-state index >= 15 is 0 Å². The Bertz CT molecular complexity index is 1860. The van der Waals surface area contributed by atoms with Crippen molar-refractivity contribution in [3.05, 3.63) is 65.2 Å². The van der Waals surface area contributed by atoms with Crippen LogP contribution in [0.2, 0.25) is 0 Å². The van der Waals surface area contributed by atoms with Crippen molar-refractivity contribution in [2.45, 2.75) is 108 Å². The molecule has 1 aromatic heterocycles. The smallest absolute Gasteiger partial charge is 0.394 e. The summed E-state index contributed by atoms with van der Waals surface area (Å²) in [6.45, 7) is 7.76.